The van der Waals surface area contributed by atoms with Crippen molar-refractivity contribution in [2.45, 2.75) is 38.1 Å². The van der Waals surface area contributed by atoms with Gasteiger partial charge in [0.25, 0.3) is 0 Å². The number of rotatable bonds is 5. The van der Waals surface area contributed by atoms with Crippen LogP contribution in [0.25, 0.3) is 0 Å². The van der Waals surface area contributed by atoms with Crippen molar-refractivity contribution in [2.24, 2.45) is 0 Å². The summed E-state index contributed by atoms with van der Waals surface area (Å²) >= 11 is 0. The van der Waals surface area contributed by atoms with Crippen LogP contribution in [0.2, 0.25) is 0 Å². The summed E-state index contributed by atoms with van der Waals surface area (Å²) in [7, 11) is 0. The van der Waals surface area contributed by atoms with E-state index in [1.807, 2.05) is 18.2 Å². The van der Waals surface area contributed by atoms with Crippen molar-refractivity contribution >= 4 is 6.29 Å². The molecule has 0 spiro atoms. The van der Waals surface area contributed by atoms with Crippen LogP contribution in [0.4, 0.5) is 0 Å². The Labute approximate surface area is 126 Å². The quantitative estimate of drug-likeness (QED) is 0.777. The van der Waals surface area contributed by atoms with Crippen molar-refractivity contribution in [3.05, 3.63) is 35.9 Å². The Morgan fingerprint density at radius 2 is 1.90 bits per heavy atom. The minimum absolute atomic E-state index is 0.0139. The first-order valence-electron chi connectivity index (χ1n) is 7.93. The highest BCUT2D eigenvalue weighted by atomic mass is 16.5. The number of nitrogens with zero attached hydrogens (tertiary/aromatic N) is 2. The molecule has 21 heavy (non-hydrogen) atoms. The summed E-state index contributed by atoms with van der Waals surface area (Å²) in [6, 6.07) is 10.4. The summed E-state index contributed by atoms with van der Waals surface area (Å²) < 4.78 is 5.98. The Balaban J connectivity index is 1.66. The van der Waals surface area contributed by atoms with Gasteiger partial charge in [0.1, 0.15) is 6.10 Å². The fourth-order valence-corrected chi connectivity index (χ4v) is 3.45. The second-order valence-corrected chi connectivity index (χ2v) is 6.02. The maximum absolute atomic E-state index is 11.4. The number of carbonyl (C=O) groups excluding carboxylic acids is 1. The molecule has 2 heterocycles. The van der Waals surface area contributed by atoms with E-state index in [-0.39, 0.29) is 12.1 Å². The van der Waals surface area contributed by atoms with Gasteiger partial charge in [-0.05, 0) is 38.4 Å². The summed E-state index contributed by atoms with van der Waals surface area (Å²) in [5.74, 6) is 0. The van der Waals surface area contributed by atoms with E-state index >= 15 is 0 Å². The van der Waals surface area contributed by atoms with E-state index < -0.39 is 6.23 Å². The average molecular weight is 288 g/mol. The van der Waals surface area contributed by atoms with E-state index in [4.69, 9.17) is 4.74 Å². The lowest BCUT2D eigenvalue weighted by atomic mass is 10.0. The van der Waals surface area contributed by atoms with Crippen molar-refractivity contribution < 1.29 is 9.53 Å². The zero-order chi connectivity index (χ0) is 14.7. The number of likely N-dealkylation sites (tertiary alicyclic amines) is 1. The predicted octanol–water partition coefficient (Wildman–Crippen LogP) is 2.07. The monoisotopic (exact) mass is 288 g/mol. The lowest BCUT2D eigenvalue weighted by molar-refractivity contribution is -0.123. The van der Waals surface area contributed by atoms with Crippen LogP contribution in [0.3, 0.4) is 0 Å². The zero-order valence-corrected chi connectivity index (χ0v) is 12.6. The van der Waals surface area contributed by atoms with Crippen LogP contribution in [0.15, 0.2) is 30.3 Å². The third-order valence-electron chi connectivity index (χ3n) is 4.69. The summed E-state index contributed by atoms with van der Waals surface area (Å²) in [4.78, 5) is 16.0. The number of aldehydes is 1. The number of ether oxygens (including phenoxy) is 1. The lowest BCUT2D eigenvalue weighted by Gasteiger charge is -2.26. The second kappa shape index (κ2) is 6.69. The van der Waals surface area contributed by atoms with E-state index in [1.54, 1.807) is 0 Å². The van der Waals surface area contributed by atoms with Gasteiger partial charge in [0.15, 0.2) is 12.5 Å². The maximum atomic E-state index is 11.4. The molecule has 4 nitrogen and oxygen atoms in total. The van der Waals surface area contributed by atoms with Crippen molar-refractivity contribution in [1.29, 1.82) is 0 Å². The number of hydrogen-bond acceptors (Lipinski definition) is 4. The Bertz CT molecular complexity index is 459. The molecule has 0 bridgehead atoms. The van der Waals surface area contributed by atoms with E-state index in [9.17, 15) is 4.79 Å². The molecule has 114 valence electrons. The molecule has 2 fully saturated rings. The smallest absolute Gasteiger partial charge is 0.168 e. The molecule has 0 N–H and O–H groups in total. The summed E-state index contributed by atoms with van der Waals surface area (Å²) in [6.07, 6.45) is 3.11. The van der Waals surface area contributed by atoms with Crippen LogP contribution in [-0.2, 0) is 9.53 Å². The van der Waals surface area contributed by atoms with Crippen LogP contribution in [-0.4, -0.2) is 54.5 Å². The number of hydrogen-bond donors (Lipinski definition) is 0. The predicted molar refractivity (Wildman–Crippen MR) is 82.0 cm³/mol. The molecule has 0 saturated carbocycles. The molecular weight excluding hydrogens is 264 g/mol. The summed E-state index contributed by atoms with van der Waals surface area (Å²) in [5, 5.41) is 0. The van der Waals surface area contributed by atoms with Gasteiger partial charge >= 0.3 is 0 Å². The molecule has 2 aliphatic rings. The van der Waals surface area contributed by atoms with Gasteiger partial charge < -0.3 is 9.64 Å². The first-order chi connectivity index (χ1) is 10.3. The Morgan fingerprint density at radius 3 is 2.57 bits per heavy atom. The molecule has 2 aliphatic heterocycles. The van der Waals surface area contributed by atoms with E-state index in [1.165, 1.54) is 25.9 Å². The molecule has 1 aromatic carbocycles. The zero-order valence-electron chi connectivity index (χ0n) is 12.6. The highest BCUT2D eigenvalue weighted by molar-refractivity contribution is 5.56. The first kappa shape index (κ1) is 14.7. The molecule has 1 aromatic rings. The standard InChI is InChI=1S/C17H24N2O2/c1-14-17(15-7-3-2-4-8-15)21-16(13-20)19(14)12-11-18-9-5-6-10-18/h2-4,7-8,13-14,16-17H,5-6,9-12H2,1H3. The molecule has 3 rings (SSSR count). The average Bonchev–Trinajstić information content (AvgIpc) is 3.14. The van der Waals surface area contributed by atoms with Gasteiger partial charge in [-0.3, -0.25) is 9.69 Å². The van der Waals surface area contributed by atoms with E-state index in [0.717, 1.165) is 24.9 Å². The Kier molecular flexibility index (Phi) is 4.68. The van der Waals surface area contributed by atoms with E-state index in [2.05, 4.69) is 28.9 Å². The van der Waals surface area contributed by atoms with Crippen LogP contribution in [0.5, 0.6) is 0 Å². The third-order valence-corrected chi connectivity index (χ3v) is 4.69. The van der Waals surface area contributed by atoms with Crippen molar-refractivity contribution in [1.82, 2.24) is 9.80 Å². The third kappa shape index (κ3) is 3.18. The second-order valence-electron chi connectivity index (χ2n) is 6.02. The first-order valence-corrected chi connectivity index (χ1v) is 7.93. The van der Waals surface area contributed by atoms with Gasteiger partial charge in [0, 0.05) is 19.1 Å². The molecule has 0 radical (unpaired) electrons. The van der Waals surface area contributed by atoms with Gasteiger partial charge in [0.2, 0.25) is 0 Å². The van der Waals surface area contributed by atoms with Gasteiger partial charge in [-0.1, -0.05) is 30.3 Å². The fraction of sp³-hybridized carbons (Fsp3) is 0.588. The SMILES string of the molecule is CC1C(c2ccccc2)OC(C=O)N1CCN1CCCC1. The molecule has 0 aromatic heterocycles. The molecule has 4 heteroatoms. The van der Waals surface area contributed by atoms with Crippen LogP contribution < -0.4 is 0 Å². The summed E-state index contributed by atoms with van der Waals surface area (Å²) in [5.41, 5.74) is 1.15. The minimum atomic E-state index is -0.409. The molecule has 2 saturated heterocycles. The highest BCUT2D eigenvalue weighted by Crippen LogP contribution is 2.33. The molecule has 3 unspecified atom stereocenters. The fourth-order valence-electron chi connectivity index (χ4n) is 3.45. The van der Waals surface area contributed by atoms with Crippen LogP contribution in [0.1, 0.15) is 31.4 Å². The largest absolute Gasteiger partial charge is 0.346 e. The molecule has 0 amide bonds. The van der Waals surface area contributed by atoms with Gasteiger partial charge in [-0.2, -0.15) is 0 Å². The molecule has 0 aliphatic carbocycles. The molecule has 3 atom stereocenters. The maximum Gasteiger partial charge on any atom is 0.168 e. The number of carbonyl (C=O) groups is 1. The van der Waals surface area contributed by atoms with Gasteiger partial charge in [0.05, 0.1) is 0 Å². The highest BCUT2D eigenvalue weighted by Gasteiger charge is 2.39. The summed E-state index contributed by atoms with van der Waals surface area (Å²) in [6.45, 7) is 6.46. The normalized spacial score (nSPS) is 30.8. The van der Waals surface area contributed by atoms with Crippen molar-refractivity contribution in [3.8, 4) is 0 Å². The van der Waals surface area contributed by atoms with Crippen LogP contribution >= 0.6 is 0 Å². The number of benzene rings is 1. The van der Waals surface area contributed by atoms with Crippen LogP contribution in [0, 0.1) is 0 Å². The van der Waals surface area contributed by atoms with Crippen molar-refractivity contribution in [2.75, 3.05) is 26.2 Å². The van der Waals surface area contributed by atoms with E-state index in [0.29, 0.717) is 0 Å². The lowest BCUT2D eigenvalue weighted by Crippen LogP contribution is -2.41. The topological polar surface area (TPSA) is 32.8 Å². The van der Waals surface area contributed by atoms with Gasteiger partial charge in [-0.25, -0.2) is 0 Å². The molecular formula is C17H24N2O2. The Hall–Kier alpha value is -1.23. The van der Waals surface area contributed by atoms with Gasteiger partial charge in [-0.15, -0.1) is 0 Å². The minimum Gasteiger partial charge on any atom is -0.346 e. The van der Waals surface area contributed by atoms with Crippen molar-refractivity contribution in [3.63, 3.8) is 0 Å². The Morgan fingerprint density at radius 1 is 1.19 bits per heavy atom.